The quantitative estimate of drug-likeness (QED) is 0.844. The Morgan fingerprint density at radius 3 is 2.94 bits per heavy atom. The molecule has 2 unspecified atom stereocenters. The standard InChI is InChI=1S/C14H17Cl2NO/c15-9-11-4-2-6-13(11)17-14(18)8-10-3-1-5-12(16)7-10/h1,3,5,7,11,13H,2,4,6,8-9H2,(H,17,18). The molecule has 1 aromatic carbocycles. The van der Waals surface area contributed by atoms with Gasteiger partial charge in [-0.25, -0.2) is 0 Å². The van der Waals surface area contributed by atoms with Gasteiger partial charge in [0.1, 0.15) is 0 Å². The number of rotatable bonds is 4. The van der Waals surface area contributed by atoms with E-state index in [1.165, 1.54) is 0 Å². The van der Waals surface area contributed by atoms with Crippen molar-refractivity contribution in [3.8, 4) is 0 Å². The number of carbonyl (C=O) groups is 1. The zero-order valence-electron chi connectivity index (χ0n) is 10.2. The van der Waals surface area contributed by atoms with Crippen LogP contribution in [0, 0.1) is 5.92 Å². The zero-order chi connectivity index (χ0) is 13.0. The molecule has 0 spiro atoms. The molecule has 1 aliphatic carbocycles. The minimum absolute atomic E-state index is 0.0549. The van der Waals surface area contributed by atoms with Gasteiger partial charge in [0.2, 0.25) is 5.91 Å². The third-order valence-corrected chi connectivity index (χ3v) is 4.09. The average Bonchev–Trinajstić information content (AvgIpc) is 2.76. The molecule has 0 heterocycles. The Kier molecular flexibility index (Phi) is 4.90. The molecule has 1 amide bonds. The maximum atomic E-state index is 11.9. The molecule has 1 fully saturated rings. The fraction of sp³-hybridized carbons (Fsp3) is 0.500. The number of alkyl halides is 1. The lowest BCUT2D eigenvalue weighted by Crippen LogP contribution is -2.38. The molecule has 1 saturated carbocycles. The van der Waals surface area contributed by atoms with E-state index in [0.717, 1.165) is 24.8 Å². The predicted octanol–water partition coefficient (Wildman–Crippen LogP) is 3.41. The first-order valence-corrected chi connectivity index (χ1v) is 7.20. The molecule has 98 valence electrons. The van der Waals surface area contributed by atoms with E-state index in [-0.39, 0.29) is 11.9 Å². The van der Waals surface area contributed by atoms with Gasteiger partial charge in [0.15, 0.2) is 0 Å². The molecule has 4 heteroatoms. The van der Waals surface area contributed by atoms with Crippen LogP contribution in [0.15, 0.2) is 24.3 Å². The molecule has 0 radical (unpaired) electrons. The summed E-state index contributed by atoms with van der Waals surface area (Å²) in [5, 5.41) is 3.75. The number of benzene rings is 1. The van der Waals surface area contributed by atoms with Crippen LogP contribution in [0.1, 0.15) is 24.8 Å². The minimum Gasteiger partial charge on any atom is -0.353 e. The first kappa shape index (κ1) is 13.7. The van der Waals surface area contributed by atoms with E-state index >= 15 is 0 Å². The van der Waals surface area contributed by atoms with Crippen molar-refractivity contribution in [3.63, 3.8) is 0 Å². The molecule has 18 heavy (non-hydrogen) atoms. The number of hydrogen-bond acceptors (Lipinski definition) is 1. The van der Waals surface area contributed by atoms with Gasteiger partial charge in [-0.2, -0.15) is 0 Å². The van der Waals surface area contributed by atoms with Crippen molar-refractivity contribution in [2.24, 2.45) is 5.92 Å². The summed E-state index contributed by atoms with van der Waals surface area (Å²) in [4.78, 5) is 11.9. The van der Waals surface area contributed by atoms with Crippen molar-refractivity contribution in [2.45, 2.75) is 31.7 Å². The summed E-state index contributed by atoms with van der Waals surface area (Å²) in [7, 11) is 0. The maximum Gasteiger partial charge on any atom is 0.224 e. The largest absolute Gasteiger partial charge is 0.353 e. The van der Waals surface area contributed by atoms with Crippen molar-refractivity contribution in [1.29, 1.82) is 0 Å². The Hall–Kier alpha value is -0.730. The number of halogens is 2. The Morgan fingerprint density at radius 2 is 2.22 bits per heavy atom. The van der Waals surface area contributed by atoms with Crippen LogP contribution in [-0.2, 0) is 11.2 Å². The lowest BCUT2D eigenvalue weighted by molar-refractivity contribution is -0.121. The van der Waals surface area contributed by atoms with Crippen LogP contribution in [-0.4, -0.2) is 17.8 Å². The highest BCUT2D eigenvalue weighted by Crippen LogP contribution is 2.26. The van der Waals surface area contributed by atoms with Gasteiger partial charge in [0, 0.05) is 16.9 Å². The third kappa shape index (κ3) is 3.63. The maximum absolute atomic E-state index is 11.9. The normalized spacial score (nSPS) is 23.0. The van der Waals surface area contributed by atoms with E-state index in [4.69, 9.17) is 23.2 Å². The molecular weight excluding hydrogens is 269 g/mol. The Labute approximate surface area is 118 Å². The summed E-state index contributed by atoms with van der Waals surface area (Å²) in [5.74, 6) is 1.11. The lowest BCUT2D eigenvalue weighted by atomic mass is 10.1. The zero-order valence-corrected chi connectivity index (χ0v) is 11.7. The number of amides is 1. The van der Waals surface area contributed by atoms with Crippen LogP contribution in [0.4, 0.5) is 0 Å². The van der Waals surface area contributed by atoms with Gasteiger partial charge in [-0.05, 0) is 36.5 Å². The summed E-state index contributed by atoms with van der Waals surface area (Å²) < 4.78 is 0. The van der Waals surface area contributed by atoms with E-state index in [9.17, 15) is 4.79 Å². The summed E-state index contributed by atoms with van der Waals surface area (Å²) >= 11 is 11.8. The van der Waals surface area contributed by atoms with E-state index in [1.807, 2.05) is 24.3 Å². The molecule has 1 N–H and O–H groups in total. The minimum atomic E-state index is 0.0549. The van der Waals surface area contributed by atoms with E-state index in [0.29, 0.717) is 23.2 Å². The summed E-state index contributed by atoms with van der Waals surface area (Å²) in [5.41, 5.74) is 0.945. The number of nitrogens with one attached hydrogen (secondary N) is 1. The molecular formula is C14H17Cl2NO. The van der Waals surface area contributed by atoms with Crippen LogP contribution >= 0.6 is 23.2 Å². The fourth-order valence-corrected chi connectivity index (χ4v) is 3.08. The Morgan fingerprint density at radius 1 is 1.39 bits per heavy atom. The molecule has 2 nitrogen and oxygen atoms in total. The summed E-state index contributed by atoms with van der Waals surface area (Å²) in [6, 6.07) is 7.66. The van der Waals surface area contributed by atoms with Crippen LogP contribution < -0.4 is 5.32 Å². The second-order valence-corrected chi connectivity index (χ2v) is 5.57. The van der Waals surface area contributed by atoms with Crippen LogP contribution in [0.3, 0.4) is 0 Å². The SMILES string of the molecule is O=C(Cc1cccc(Cl)c1)NC1CCCC1CCl. The van der Waals surface area contributed by atoms with Crippen molar-refractivity contribution >= 4 is 29.1 Å². The molecule has 0 bridgehead atoms. The van der Waals surface area contributed by atoms with Crippen LogP contribution in [0.25, 0.3) is 0 Å². The van der Waals surface area contributed by atoms with Gasteiger partial charge in [-0.15, -0.1) is 11.6 Å². The number of hydrogen-bond donors (Lipinski definition) is 1. The lowest BCUT2D eigenvalue weighted by Gasteiger charge is -2.18. The highest BCUT2D eigenvalue weighted by molar-refractivity contribution is 6.30. The Bertz CT molecular complexity index is 422. The number of carbonyl (C=O) groups excluding carboxylic acids is 1. The average molecular weight is 286 g/mol. The van der Waals surface area contributed by atoms with Gasteiger partial charge in [0.25, 0.3) is 0 Å². The predicted molar refractivity (Wildman–Crippen MR) is 75.1 cm³/mol. The van der Waals surface area contributed by atoms with Crippen LogP contribution in [0.5, 0.6) is 0 Å². The fourth-order valence-electron chi connectivity index (χ4n) is 2.50. The van der Waals surface area contributed by atoms with Crippen LogP contribution in [0.2, 0.25) is 5.02 Å². The van der Waals surface area contributed by atoms with Crippen molar-refractivity contribution in [2.75, 3.05) is 5.88 Å². The monoisotopic (exact) mass is 285 g/mol. The van der Waals surface area contributed by atoms with Crippen molar-refractivity contribution in [1.82, 2.24) is 5.32 Å². The van der Waals surface area contributed by atoms with Gasteiger partial charge in [-0.3, -0.25) is 4.79 Å². The van der Waals surface area contributed by atoms with Gasteiger partial charge < -0.3 is 5.32 Å². The van der Waals surface area contributed by atoms with E-state index in [2.05, 4.69) is 5.32 Å². The molecule has 0 saturated heterocycles. The highest BCUT2D eigenvalue weighted by Gasteiger charge is 2.27. The Balaban J connectivity index is 1.89. The first-order chi connectivity index (χ1) is 8.69. The second kappa shape index (κ2) is 6.44. The molecule has 1 aromatic rings. The first-order valence-electron chi connectivity index (χ1n) is 6.29. The topological polar surface area (TPSA) is 29.1 Å². The van der Waals surface area contributed by atoms with Gasteiger partial charge in [0.05, 0.1) is 6.42 Å². The smallest absolute Gasteiger partial charge is 0.224 e. The summed E-state index contributed by atoms with van der Waals surface area (Å²) in [6.07, 6.45) is 3.69. The van der Waals surface area contributed by atoms with Gasteiger partial charge in [-0.1, -0.05) is 30.2 Å². The third-order valence-electron chi connectivity index (χ3n) is 3.46. The molecule has 0 aromatic heterocycles. The summed E-state index contributed by atoms with van der Waals surface area (Å²) in [6.45, 7) is 0. The van der Waals surface area contributed by atoms with Crippen molar-refractivity contribution in [3.05, 3.63) is 34.9 Å². The van der Waals surface area contributed by atoms with E-state index < -0.39 is 0 Å². The molecule has 2 atom stereocenters. The van der Waals surface area contributed by atoms with Gasteiger partial charge >= 0.3 is 0 Å². The van der Waals surface area contributed by atoms with E-state index in [1.54, 1.807) is 0 Å². The second-order valence-electron chi connectivity index (χ2n) is 4.83. The molecule has 1 aliphatic rings. The highest BCUT2D eigenvalue weighted by atomic mass is 35.5. The molecule has 2 rings (SSSR count). The molecule has 0 aliphatic heterocycles. The van der Waals surface area contributed by atoms with Crippen molar-refractivity contribution < 1.29 is 4.79 Å².